The fourth-order valence-corrected chi connectivity index (χ4v) is 0.877. The zero-order chi connectivity index (χ0) is 11.0. The molecule has 1 N–H and O–H groups in total. The van der Waals surface area contributed by atoms with Crippen molar-refractivity contribution >= 4 is 12.0 Å². The van der Waals surface area contributed by atoms with Crippen molar-refractivity contribution in [1.29, 1.82) is 0 Å². The van der Waals surface area contributed by atoms with Gasteiger partial charge in [-0.05, 0) is 6.92 Å². The smallest absolute Gasteiger partial charge is 0.330 e. The van der Waals surface area contributed by atoms with Gasteiger partial charge in [0.15, 0.2) is 0 Å². The molecule has 0 spiro atoms. The van der Waals surface area contributed by atoms with Gasteiger partial charge in [0.05, 0.1) is 6.54 Å². The zero-order valence-corrected chi connectivity index (χ0v) is 8.58. The number of nitrogens with zero attached hydrogens (tertiary/aromatic N) is 1. The van der Waals surface area contributed by atoms with Crippen LogP contribution in [0, 0.1) is 0 Å². The number of carbonyl (C=O) groups is 2. The fourth-order valence-electron chi connectivity index (χ4n) is 0.877. The molecular weight excluding hydrogens is 184 g/mol. The molecular formula is C9H16N2O3. The average molecular weight is 200 g/mol. The average Bonchev–Trinajstić information content (AvgIpc) is 2.22. The highest BCUT2D eigenvalue weighted by Crippen LogP contribution is 1.89. The molecule has 0 radical (unpaired) electrons. The van der Waals surface area contributed by atoms with Gasteiger partial charge in [0, 0.05) is 19.7 Å². The van der Waals surface area contributed by atoms with E-state index >= 15 is 0 Å². The fraction of sp³-hybridized carbons (Fsp3) is 0.556. The van der Waals surface area contributed by atoms with Crippen molar-refractivity contribution in [2.24, 2.45) is 0 Å². The molecule has 0 atom stereocenters. The molecule has 0 rings (SSSR count). The van der Waals surface area contributed by atoms with E-state index in [9.17, 15) is 9.59 Å². The van der Waals surface area contributed by atoms with E-state index in [0.29, 0.717) is 13.1 Å². The van der Waals surface area contributed by atoms with Crippen LogP contribution in [0.15, 0.2) is 12.7 Å². The van der Waals surface area contributed by atoms with Gasteiger partial charge in [-0.2, -0.15) is 0 Å². The Morgan fingerprint density at radius 2 is 2.21 bits per heavy atom. The lowest BCUT2D eigenvalue weighted by molar-refractivity contribution is -0.138. The number of ether oxygens (including phenoxy) is 1. The quantitative estimate of drug-likeness (QED) is 0.515. The zero-order valence-electron chi connectivity index (χ0n) is 8.58. The third-order valence-corrected chi connectivity index (χ3v) is 1.65. The van der Waals surface area contributed by atoms with E-state index in [1.54, 1.807) is 7.05 Å². The Kier molecular flexibility index (Phi) is 6.19. The van der Waals surface area contributed by atoms with Gasteiger partial charge in [-0.3, -0.25) is 0 Å². The van der Waals surface area contributed by atoms with Crippen molar-refractivity contribution in [3.63, 3.8) is 0 Å². The summed E-state index contributed by atoms with van der Waals surface area (Å²) in [6, 6.07) is -0.179. The van der Waals surface area contributed by atoms with Gasteiger partial charge >= 0.3 is 12.0 Å². The molecule has 0 saturated carbocycles. The first-order valence-electron chi connectivity index (χ1n) is 4.41. The second kappa shape index (κ2) is 6.94. The van der Waals surface area contributed by atoms with E-state index in [1.807, 2.05) is 6.92 Å². The van der Waals surface area contributed by atoms with E-state index in [1.165, 1.54) is 4.90 Å². The van der Waals surface area contributed by atoms with Crippen molar-refractivity contribution < 1.29 is 14.3 Å². The standard InChI is InChI=1S/C9H16N2O3/c1-4-8(12)14-7-6-11(5-2)9(13)10-3/h4H,1,5-7H2,2-3H3,(H,10,13). The van der Waals surface area contributed by atoms with E-state index in [2.05, 4.69) is 11.9 Å². The molecule has 0 fully saturated rings. The molecule has 80 valence electrons. The predicted molar refractivity (Wildman–Crippen MR) is 52.9 cm³/mol. The van der Waals surface area contributed by atoms with Crippen LogP contribution in [0.3, 0.4) is 0 Å². The van der Waals surface area contributed by atoms with Gasteiger partial charge in [-0.1, -0.05) is 6.58 Å². The minimum absolute atomic E-state index is 0.179. The first-order valence-corrected chi connectivity index (χ1v) is 4.41. The maximum Gasteiger partial charge on any atom is 0.330 e. The van der Waals surface area contributed by atoms with Crippen molar-refractivity contribution in [3.05, 3.63) is 12.7 Å². The molecule has 0 aliphatic carbocycles. The van der Waals surface area contributed by atoms with Gasteiger partial charge in [0.2, 0.25) is 0 Å². The summed E-state index contributed by atoms with van der Waals surface area (Å²) in [5.41, 5.74) is 0. The molecule has 0 bridgehead atoms. The van der Waals surface area contributed by atoms with E-state index < -0.39 is 5.97 Å². The number of amides is 2. The third kappa shape index (κ3) is 4.49. The Labute approximate surface area is 83.7 Å². The normalized spacial score (nSPS) is 9.00. The number of hydrogen-bond acceptors (Lipinski definition) is 3. The lowest BCUT2D eigenvalue weighted by Crippen LogP contribution is -2.40. The van der Waals surface area contributed by atoms with Crippen LogP contribution in [0.2, 0.25) is 0 Å². The van der Waals surface area contributed by atoms with Crippen LogP contribution in [0.4, 0.5) is 4.79 Å². The summed E-state index contributed by atoms with van der Waals surface area (Å²) >= 11 is 0. The highest BCUT2D eigenvalue weighted by Gasteiger charge is 2.08. The number of hydrogen-bond donors (Lipinski definition) is 1. The topological polar surface area (TPSA) is 58.6 Å². The van der Waals surface area contributed by atoms with Crippen LogP contribution >= 0.6 is 0 Å². The lowest BCUT2D eigenvalue weighted by Gasteiger charge is -2.19. The second-order valence-electron chi connectivity index (χ2n) is 2.51. The summed E-state index contributed by atoms with van der Waals surface area (Å²) in [4.78, 5) is 23.3. The van der Waals surface area contributed by atoms with Gasteiger partial charge in [0.1, 0.15) is 6.61 Å². The van der Waals surface area contributed by atoms with Crippen LogP contribution < -0.4 is 5.32 Å². The maximum absolute atomic E-state index is 11.1. The Balaban J connectivity index is 3.78. The number of carbonyl (C=O) groups excluding carboxylic acids is 2. The van der Waals surface area contributed by atoms with Crippen LogP contribution in [0.1, 0.15) is 6.92 Å². The number of nitrogens with one attached hydrogen (secondary N) is 1. The SMILES string of the molecule is C=CC(=O)OCCN(CC)C(=O)NC. The molecule has 0 aromatic rings. The van der Waals surface area contributed by atoms with Crippen LogP contribution in [-0.2, 0) is 9.53 Å². The Morgan fingerprint density at radius 1 is 1.57 bits per heavy atom. The third-order valence-electron chi connectivity index (χ3n) is 1.65. The summed E-state index contributed by atoms with van der Waals surface area (Å²) in [7, 11) is 1.56. The van der Waals surface area contributed by atoms with E-state index in [0.717, 1.165) is 6.08 Å². The molecule has 0 aliphatic rings. The monoisotopic (exact) mass is 200 g/mol. The highest BCUT2D eigenvalue weighted by atomic mass is 16.5. The Bertz CT molecular complexity index is 216. The number of rotatable bonds is 5. The molecule has 5 heteroatoms. The Morgan fingerprint density at radius 3 is 2.64 bits per heavy atom. The summed E-state index contributed by atoms with van der Waals surface area (Å²) in [5, 5.41) is 2.49. The second-order valence-corrected chi connectivity index (χ2v) is 2.51. The maximum atomic E-state index is 11.1. The molecule has 0 aliphatic heterocycles. The van der Waals surface area contributed by atoms with Gasteiger partial charge in [-0.15, -0.1) is 0 Å². The summed E-state index contributed by atoms with van der Waals surface area (Å²) in [6.45, 7) is 6.26. The molecule has 2 amide bonds. The minimum Gasteiger partial charge on any atom is -0.461 e. The van der Waals surface area contributed by atoms with Gasteiger partial charge in [0.25, 0.3) is 0 Å². The van der Waals surface area contributed by atoms with Crippen molar-refractivity contribution in [3.8, 4) is 0 Å². The van der Waals surface area contributed by atoms with Crippen molar-refractivity contribution in [2.45, 2.75) is 6.92 Å². The number of urea groups is 1. The van der Waals surface area contributed by atoms with Crippen molar-refractivity contribution in [1.82, 2.24) is 10.2 Å². The van der Waals surface area contributed by atoms with E-state index in [-0.39, 0.29) is 12.6 Å². The van der Waals surface area contributed by atoms with Gasteiger partial charge in [-0.25, -0.2) is 9.59 Å². The molecule has 0 saturated heterocycles. The lowest BCUT2D eigenvalue weighted by atomic mass is 10.5. The number of likely N-dealkylation sites (N-methyl/N-ethyl adjacent to an activating group) is 1. The first kappa shape index (κ1) is 12.5. The molecule has 0 aromatic carbocycles. The largest absolute Gasteiger partial charge is 0.461 e. The van der Waals surface area contributed by atoms with Crippen LogP contribution in [-0.4, -0.2) is 43.6 Å². The molecule has 5 nitrogen and oxygen atoms in total. The highest BCUT2D eigenvalue weighted by molar-refractivity contribution is 5.81. The molecule has 14 heavy (non-hydrogen) atoms. The summed E-state index contributed by atoms with van der Waals surface area (Å²) in [6.07, 6.45) is 1.09. The molecule has 0 aromatic heterocycles. The predicted octanol–water partition coefficient (Wildman–Crippen LogP) is 0.377. The van der Waals surface area contributed by atoms with Crippen LogP contribution in [0.5, 0.6) is 0 Å². The first-order chi connectivity index (χ1) is 6.65. The molecule has 0 unspecified atom stereocenters. The Hall–Kier alpha value is -1.52. The van der Waals surface area contributed by atoms with Crippen LogP contribution in [0.25, 0.3) is 0 Å². The minimum atomic E-state index is -0.474. The van der Waals surface area contributed by atoms with E-state index in [4.69, 9.17) is 4.74 Å². The summed E-state index contributed by atoms with van der Waals surface area (Å²) in [5.74, 6) is -0.474. The van der Waals surface area contributed by atoms with Gasteiger partial charge < -0.3 is 15.0 Å². The summed E-state index contributed by atoms with van der Waals surface area (Å²) < 4.78 is 4.74. The van der Waals surface area contributed by atoms with Crippen molar-refractivity contribution in [2.75, 3.05) is 26.7 Å². The molecule has 0 heterocycles. The number of esters is 1.